The van der Waals surface area contributed by atoms with Gasteiger partial charge in [-0.3, -0.25) is 9.59 Å². The second kappa shape index (κ2) is 5.76. The third-order valence-corrected chi connectivity index (χ3v) is 4.62. The monoisotopic (exact) mass is 320 g/mol. The van der Waals surface area contributed by atoms with Crippen LogP contribution in [0, 0.1) is 0 Å². The van der Waals surface area contributed by atoms with Crippen LogP contribution in [0.2, 0.25) is 0 Å². The quantitative estimate of drug-likeness (QED) is 0.785. The average Bonchev–Trinajstić information content (AvgIpc) is 2.88. The third-order valence-electron chi connectivity index (χ3n) is 3.54. The summed E-state index contributed by atoms with van der Waals surface area (Å²) in [5.41, 5.74) is 0. The molecule has 0 saturated carbocycles. The SMILES string of the molecule is CC1CN(C(=O)c2ccc(C(=O)C(F)(F)F)s2)CCN1C. The van der Waals surface area contributed by atoms with E-state index in [4.69, 9.17) is 0 Å². The molecule has 21 heavy (non-hydrogen) atoms. The Bertz CT molecular complexity index is 556. The molecule has 1 amide bonds. The number of nitrogens with zero attached hydrogens (tertiary/aromatic N) is 2. The summed E-state index contributed by atoms with van der Waals surface area (Å²) in [5.74, 6) is -2.22. The summed E-state index contributed by atoms with van der Waals surface area (Å²) >= 11 is 0.597. The molecule has 116 valence electrons. The lowest BCUT2D eigenvalue weighted by Crippen LogP contribution is -2.51. The second-order valence-electron chi connectivity index (χ2n) is 5.07. The number of carbonyl (C=O) groups excluding carboxylic acids is 2. The minimum absolute atomic E-state index is 0.166. The number of Topliss-reactive ketones (excluding diaryl/α,β-unsaturated/α-hetero) is 1. The fourth-order valence-corrected chi connectivity index (χ4v) is 3.04. The average molecular weight is 320 g/mol. The van der Waals surface area contributed by atoms with E-state index in [1.54, 1.807) is 4.90 Å². The molecule has 0 aliphatic carbocycles. The summed E-state index contributed by atoms with van der Waals surface area (Å²) in [7, 11) is 1.96. The number of rotatable bonds is 2. The van der Waals surface area contributed by atoms with Gasteiger partial charge in [0.1, 0.15) is 0 Å². The van der Waals surface area contributed by atoms with Crippen molar-refractivity contribution in [3.8, 4) is 0 Å². The van der Waals surface area contributed by atoms with Crippen LogP contribution in [-0.4, -0.2) is 60.4 Å². The Balaban J connectivity index is 2.11. The summed E-state index contributed by atoms with van der Waals surface area (Å²) in [4.78, 5) is 26.8. The van der Waals surface area contributed by atoms with Crippen molar-refractivity contribution in [1.29, 1.82) is 0 Å². The maximum atomic E-state index is 12.4. The molecule has 1 aromatic heterocycles. The van der Waals surface area contributed by atoms with E-state index in [0.29, 0.717) is 31.0 Å². The van der Waals surface area contributed by atoms with E-state index in [1.165, 1.54) is 6.07 Å². The van der Waals surface area contributed by atoms with Gasteiger partial charge >= 0.3 is 6.18 Å². The van der Waals surface area contributed by atoms with Crippen LogP contribution in [-0.2, 0) is 0 Å². The molecular weight excluding hydrogens is 305 g/mol. The van der Waals surface area contributed by atoms with Crippen molar-refractivity contribution >= 4 is 23.0 Å². The van der Waals surface area contributed by atoms with E-state index in [1.807, 2.05) is 14.0 Å². The first kappa shape index (κ1) is 16.0. The lowest BCUT2D eigenvalue weighted by Gasteiger charge is -2.37. The highest BCUT2D eigenvalue weighted by Gasteiger charge is 2.40. The number of likely N-dealkylation sites (N-methyl/N-ethyl adjacent to an activating group) is 1. The molecule has 1 unspecified atom stereocenters. The number of halogens is 3. The molecule has 0 radical (unpaired) electrons. The maximum absolute atomic E-state index is 12.4. The summed E-state index contributed by atoms with van der Waals surface area (Å²) in [6, 6.07) is 2.54. The molecule has 1 atom stereocenters. The first-order valence-corrected chi connectivity index (χ1v) is 7.22. The first-order valence-electron chi connectivity index (χ1n) is 6.41. The van der Waals surface area contributed by atoms with Crippen molar-refractivity contribution in [1.82, 2.24) is 9.80 Å². The van der Waals surface area contributed by atoms with E-state index >= 15 is 0 Å². The van der Waals surface area contributed by atoms with Crippen molar-refractivity contribution in [2.45, 2.75) is 19.1 Å². The third kappa shape index (κ3) is 3.44. The Labute approximate surface area is 124 Å². The molecule has 1 fully saturated rings. The van der Waals surface area contributed by atoms with Gasteiger partial charge in [-0.25, -0.2) is 0 Å². The Morgan fingerprint density at radius 2 is 1.86 bits per heavy atom. The van der Waals surface area contributed by atoms with Crippen LogP contribution in [0.1, 0.15) is 26.3 Å². The topological polar surface area (TPSA) is 40.6 Å². The second-order valence-corrected chi connectivity index (χ2v) is 6.16. The van der Waals surface area contributed by atoms with E-state index < -0.39 is 16.8 Å². The molecule has 2 rings (SSSR count). The number of piperazine rings is 1. The number of alkyl halides is 3. The smallest absolute Gasteiger partial charge is 0.335 e. The maximum Gasteiger partial charge on any atom is 0.455 e. The summed E-state index contributed by atoms with van der Waals surface area (Å²) in [5, 5.41) is 0. The van der Waals surface area contributed by atoms with Gasteiger partial charge in [0.05, 0.1) is 9.75 Å². The normalized spacial score (nSPS) is 20.6. The van der Waals surface area contributed by atoms with E-state index in [9.17, 15) is 22.8 Å². The van der Waals surface area contributed by atoms with Gasteiger partial charge < -0.3 is 9.80 Å². The molecule has 1 saturated heterocycles. The van der Waals surface area contributed by atoms with Crippen LogP contribution >= 0.6 is 11.3 Å². The Morgan fingerprint density at radius 1 is 1.24 bits per heavy atom. The molecule has 0 aromatic carbocycles. The predicted octanol–water partition coefficient (Wildman–Crippen LogP) is 2.27. The van der Waals surface area contributed by atoms with Crippen molar-refractivity contribution < 1.29 is 22.8 Å². The molecule has 2 heterocycles. The van der Waals surface area contributed by atoms with Gasteiger partial charge in [0.15, 0.2) is 0 Å². The van der Waals surface area contributed by atoms with Gasteiger partial charge in [-0.15, -0.1) is 11.3 Å². The lowest BCUT2D eigenvalue weighted by molar-refractivity contribution is -0.0882. The van der Waals surface area contributed by atoms with Crippen LogP contribution in [0.3, 0.4) is 0 Å². The highest BCUT2D eigenvalue weighted by molar-refractivity contribution is 7.16. The largest absolute Gasteiger partial charge is 0.455 e. The van der Waals surface area contributed by atoms with E-state index in [0.717, 1.165) is 6.07 Å². The zero-order valence-corrected chi connectivity index (χ0v) is 12.4. The first-order chi connectivity index (χ1) is 9.70. The highest BCUT2D eigenvalue weighted by Crippen LogP contribution is 2.27. The number of hydrogen-bond acceptors (Lipinski definition) is 4. The van der Waals surface area contributed by atoms with Crippen LogP contribution in [0.25, 0.3) is 0 Å². The van der Waals surface area contributed by atoms with Crippen molar-refractivity contribution in [2.75, 3.05) is 26.7 Å². The van der Waals surface area contributed by atoms with E-state index in [2.05, 4.69) is 4.90 Å². The van der Waals surface area contributed by atoms with Crippen LogP contribution in [0.15, 0.2) is 12.1 Å². The standard InChI is InChI=1S/C13H15F3N2O2S/c1-8-7-18(6-5-17(8)2)12(20)10-4-3-9(21-10)11(19)13(14,15)16/h3-4,8H,5-7H2,1-2H3. The molecule has 1 aromatic rings. The minimum atomic E-state index is -4.91. The zero-order valence-electron chi connectivity index (χ0n) is 11.6. The van der Waals surface area contributed by atoms with Crippen molar-refractivity contribution in [2.24, 2.45) is 0 Å². The molecule has 1 aliphatic rings. The molecule has 4 nitrogen and oxygen atoms in total. The lowest BCUT2D eigenvalue weighted by atomic mass is 10.2. The number of ketones is 1. The van der Waals surface area contributed by atoms with Crippen LogP contribution in [0.4, 0.5) is 13.2 Å². The number of hydrogen-bond donors (Lipinski definition) is 0. The number of thiophene rings is 1. The number of amides is 1. The molecule has 0 spiro atoms. The number of carbonyl (C=O) groups is 2. The van der Waals surface area contributed by atoms with Gasteiger partial charge in [-0.1, -0.05) is 0 Å². The molecular formula is C13H15F3N2O2S. The fraction of sp³-hybridized carbons (Fsp3) is 0.538. The van der Waals surface area contributed by atoms with Gasteiger partial charge in [0.25, 0.3) is 11.7 Å². The van der Waals surface area contributed by atoms with Gasteiger partial charge in [-0.05, 0) is 26.1 Å². The van der Waals surface area contributed by atoms with E-state index in [-0.39, 0.29) is 16.8 Å². The van der Waals surface area contributed by atoms with Crippen molar-refractivity contribution in [3.63, 3.8) is 0 Å². The molecule has 8 heteroatoms. The molecule has 0 bridgehead atoms. The Kier molecular flexibility index (Phi) is 4.38. The van der Waals surface area contributed by atoms with Crippen LogP contribution < -0.4 is 0 Å². The van der Waals surface area contributed by atoms with Crippen molar-refractivity contribution in [3.05, 3.63) is 21.9 Å². The van der Waals surface area contributed by atoms with Gasteiger partial charge in [0.2, 0.25) is 0 Å². The Morgan fingerprint density at radius 3 is 2.43 bits per heavy atom. The molecule has 0 N–H and O–H groups in total. The van der Waals surface area contributed by atoms with Gasteiger partial charge in [0, 0.05) is 25.7 Å². The Hall–Kier alpha value is -1.41. The fourth-order valence-electron chi connectivity index (χ4n) is 2.10. The predicted molar refractivity (Wildman–Crippen MR) is 72.7 cm³/mol. The summed E-state index contributed by atoms with van der Waals surface area (Å²) < 4.78 is 37.1. The minimum Gasteiger partial charge on any atom is -0.335 e. The van der Waals surface area contributed by atoms with Crippen LogP contribution in [0.5, 0.6) is 0 Å². The summed E-state index contributed by atoms with van der Waals surface area (Å²) in [6.07, 6.45) is -4.91. The molecule has 1 aliphatic heterocycles. The highest BCUT2D eigenvalue weighted by atomic mass is 32.1. The van der Waals surface area contributed by atoms with Gasteiger partial charge in [-0.2, -0.15) is 13.2 Å². The zero-order chi connectivity index (χ0) is 15.8. The summed E-state index contributed by atoms with van der Waals surface area (Å²) in [6.45, 7) is 3.75.